The lowest BCUT2D eigenvalue weighted by Gasteiger charge is -2.22. The molecule has 0 bridgehead atoms. The van der Waals surface area contributed by atoms with Crippen LogP contribution in [0.3, 0.4) is 0 Å². The first kappa shape index (κ1) is 15.1. The molecule has 1 aliphatic rings. The highest BCUT2D eigenvalue weighted by molar-refractivity contribution is 7.89. The highest BCUT2D eigenvalue weighted by atomic mass is 32.2. The van der Waals surface area contributed by atoms with Crippen LogP contribution in [0.1, 0.15) is 6.92 Å². The molecule has 0 spiro atoms. The summed E-state index contributed by atoms with van der Waals surface area (Å²) in [5, 5.41) is 2.90. The van der Waals surface area contributed by atoms with Crippen LogP contribution in [0.25, 0.3) is 0 Å². The van der Waals surface area contributed by atoms with Gasteiger partial charge in [-0.2, -0.15) is 0 Å². The fourth-order valence-corrected chi connectivity index (χ4v) is 2.60. The molecule has 2 rings (SSSR count). The number of rotatable bonds is 6. The number of aromatic nitrogens is 2. The van der Waals surface area contributed by atoms with E-state index < -0.39 is 10.0 Å². The molecule has 1 saturated heterocycles. The lowest BCUT2D eigenvalue weighted by molar-refractivity contribution is -0.0846. The molecule has 1 aliphatic heterocycles. The lowest BCUT2D eigenvalue weighted by atomic mass is 10.3. The molecule has 1 aromatic heterocycles. The number of hydrogen-bond acceptors (Lipinski definition) is 7. The van der Waals surface area contributed by atoms with E-state index in [4.69, 9.17) is 9.47 Å². The van der Waals surface area contributed by atoms with Gasteiger partial charge in [-0.3, -0.25) is 0 Å². The van der Waals surface area contributed by atoms with Gasteiger partial charge in [-0.1, -0.05) is 0 Å². The summed E-state index contributed by atoms with van der Waals surface area (Å²) in [6, 6.07) is 0. The zero-order valence-electron chi connectivity index (χ0n) is 11.2. The van der Waals surface area contributed by atoms with Crippen LogP contribution in [-0.2, 0) is 19.5 Å². The Hall–Kier alpha value is -1.29. The van der Waals surface area contributed by atoms with Crippen molar-refractivity contribution in [1.29, 1.82) is 0 Å². The van der Waals surface area contributed by atoms with Crippen molar-refractivity contribution in [3.8, 4) is 0 Å². The third kappa shape index (κ3) is 4.10. The molecule has 9 heteroatoms. The van der Waals surface area contributed by atoms with E-state index in [1.165, 1.54) is 12.4 Å². The average Bonchev–Trinajstić information content (AvgIpc) is 2.47. The van der Waals surface area contributed by atoms with Crippen molar-refractivity contribution in [2.24, 2.45) is 0 Å². The minimum atomic E-state index is -3.63. The topological polar surface area (TPSA) is 102 Å². The molecule has 2 N–H and O–H groups in total. The molecule has 0 aromatic carbocycles. The quantitative estimate of drug-likeness (QED) is 0.737. The average molecular weight is 302 g/mol. The Kier molecular flexibility index (Phi) is 5.24. The zero-order valence-corrected chi connectivity index (χ0v) is 12.0. The van der Waals surface area contributed by atoms with Gasteiger partial charge in [0, 0.05) is 13.1 Å². The standard InChI is InChI=1S/C11H18N4O4S/c1-2-12-11-13-6-10(7-14-11)20(16,17)15-5-9-8-18-3-4-19-9/h6-7,9,15H,2-5,8H2,1H3,(H,12,13,14). The van der Waals surface area contributed by atoms with Crippen LogP contribution >= 0.6 is 0 Å². The molecule has 1 unspecified atom stereocenters. The molecule has 1 fully saturated rings. The normalized spacial score (nSPS) is 19.8. The Labute approximate surface area is 118 Å². The Balaban J connectivity index is 1.94. The van der Waals surface area contributed by atoms with Gasteiger partial charge in [0.1, 0.15) is 4.90 Å². The molecular formula is C11H18N4O4S. The van der Waals surface area contributed by atoms with Gasteiger partial charge in [-0.15, -0.1) is 0 Å². The van der Waals surface area contributed by atoms with Crippen molar-refractivity contribution in [3.63, 3.8) is 0 Å². The van der Waals surface area contributed by atoms with Gasteiger partial charge in [-0.05, 0) is 6.92 Å². The van der Waals surface area contributed by atoms with Gasteiger partial charge in [0.05, 0.1) is 38.3 Å². The van der Waals surface area contributed by atoms with Gasteiger partial charge in [0.15, 0.2) is 0 Å². The summed E-state index contributed by atoms with van der Waals surface area (Å²) < 4.78 is 37.1. The van der Waals surface area contributed by atoms with Gasteiger partial charge < -0.3 is 14.8 Å². The molecule has 1 aromatic rings. The van der Waals surface area contributed by atoms with E-state index in [0.717, 1.165) is 0 Å². The molecule has 1 atom stereocenters. The Bertz CT molecular complexity index is 514. The summed E-state index contributed by atoms with van der Waals surface area (Å²) in [7, 11) is -3.63. The Morgan fingerprint density at radius 1 is 1.35 bits per heavy atom. The monoisotopic (exact) mass is 302 g/mol. The summed E-state index contributed by atoms with van der Waals surface area (Å²) in [6.07, 6.45) is 2.28. The molecule has 8 nitrogen and oxygen atoms in total. The highest BCUT2D eigenvalue weighted by Gasteiger charge is 2.20. The molecule has 0 aliphatic carbocycles. The smallest absolute Gasteiger partial charge is 0.243 e. The van der Waals surface area contributed by atoms with Crippen molar-refractivity contribution < 1.29 is 17.9 Å². The van der Waals surface area contributed by atoms with Crippen molar-refractivity contribution in [1.82, 2.24) is 14.7 Å². The summed E-state index contributed by atoms with van der Waals surface area (Å²) >= 11 is 0. The molecule has 0 radical (unpaired) electrons. The van der Waals surface area contributed by atoms with Crippen molar-refractivity contribution >= 4 is 16.0 Å². The van der Waals surface area contributed by atoms with E-state index in [1.54, 1.807) is 0 Å². The first-order valence-corrected chi connectivity index (χ1v) is 7.85. The number of nitrogens with one attached hydrogen (secondary N) is 2. The SMILES string of the molecule is CCNc1ncc(S(=O)(=O)NCC2COCCO2)cn1. The second kappa shape index (κ2) is 6.93. The summed E-state index contributed by atoms with van der Waals surface area (Å²) in [5.41, 5.74) is 0. The third-order valence-electron chi connectivity index (χ3n) is 2.66. The van der Waals surface area contributed by atoms with Crippen LogP contribution < -0.4 is 10.0 Å². The van der Waals surface area contributed by atoms with Crippen molar-refractivity contribution in [3.05, 3.63) is 12.4 Å². The van der Waals surface area contributed by atoms with Gasteiger partial charge >= 0.3 is 0 Å². The predicted octanol–water partition coefficient (Wildman–Crippen LogP) is -0.398. The largest absolute Gasteiger partial charge is 0.376 e. The van der Waals surface area contributed by atoms with Crippen LogP contribution in [0.5, 0.6) is 0 Å². The number of hydrogen-bond donors (Lipinski definition) is 2. The summed E-state index contributed by atoms with van der Waals surface area (Å²) in [6.45, 7) is 4.15. The van der Waals surface area contributed by atoms with E-state index in [9.17, 15) is 8.42 Å². The Morgan fingerprint density at radius 3 is 2.70 bits per heavy atom. The molecule has 0 saturated carbocycles. The van der Waals surface area contributed by atoms with E-state index in [-0.39, 0.29) is 17.5 Å². The van der Waals surface area contributed by atoms with Crippen molar-refractivity contribution in [2.75, 3.05) is 38.2 Å². The van der Waals surface area contributed by atoms with E-state index in [2.05, 4.69) is 20.0 Å². The molecule has 2 heterocycles. The Morgan fingerprint density at radius 2 is 2.10 bits per heavy atom. The second-order valence-electron chi connectivity index (χ2n) is 4.19. The maximum absolute atomic E-state index is 12.0. The van der Waals surface area contributed by atoms with Gasteiger partial charge in [0.25, 0.3) is 0 Å². The fraction of sp³-hybridized carbons (Fsp3) is 0.636. The highest BCUT2D eigenvalue weighted by Crippen LogP contribution is 2.08. The second-order valence-corrected chi connectivity index (χ2v) is 5.96. The first-order chi connectivity index (χ1) is 9.62. The van der Waals surface area contributed by atoms with E-state index >= 15 is 0 Å². The predicted molar refractivity (Wildman–Crippen MR) is 71.9 cm³/mol. The van der Waals surface area contributed by atoms with E-state index in [0.29, 0.717) is 32.3 Å². The van der Waals surface area contributed by atoms with E-state index in [1.807, 2.05) is 6.92 Å². The van der Waals surface area contributed by atoms with Crippen LogP contribution in [0.4, 0.5) is 5.95 Å². The van der Waals surface area contributed by atoms with Gasteiger partial charge in [-0.25, -0.2) is 23.1 Å². The molecular weight excluding hydrogens is 284 g/mol. The summed E-state index contributed by atoms with van der Waals surface area (Å²) in [5.74, 6) is 0.399. The number of ether oxygens (including phenoxy) is 2. The summed E-state index contributed by atoms with van der Waals surface area (Å²) in [4.78, 5) is 7.89. The van der Waals surface area contributed by atoms with Crippen LogP contribution in [0.2, 0.25) is 0 Å². The molecule has 20 heavy (non-hydrogen) atoms. The number of nitrogens with zero attached hydrogens (tertiary/aromatic N) is 2. The van der Waals surface area contributed by atoms with Crippen molar-refractivity contribution in [2.45, 2.75) is 17.9 Å². The lowest BCUT2D eigenvalue weighted by Crippen LogP contribution is -2.39. The van der Waals surface area contributed by atoms with Crippen LogP contribution in [0.15, 0.2) is 17.3 Å². The first-order valence-electron chi connectivity index (χ1n) is 6.36. The minimum absolute atomic E-state index is 0.0240. The number of sulfonamides is 1. The maximum Gasteiger partial charge on any atom is 0.243 e. The van der Waals surface area contributed by atoms with Crippen LogP contribution in [0, 0.1) is 0 Å². The molecule has 112 valence electrons. The van der Waals surface area contributed by atoms with Crippen LogP contribution in [-0.4, -0.2) is 57.4 Å². The maximum atomic E-state index is 12.0. The minimum Gasteiger partial charge on any atom is -0.376 e. The molecule has 0 amide bonds. The third-order valence-corrected chi connectivity index (χ3v) is 4.04. The fourth-order valence-electron chi connectivity index (χ4n) is 1.64. The number of anilines is 1. The van der Waals surface area contributed by atoms with Gasteiger partial charge in [0.2, 0.25) is 16.0 Å². The zero-order chi connectivity index (χ0) is 14.4.